The second-order valence-corrected chi connectivity index (χ2v) is 5.36. The fourth-order valence-corrected chi connectivity index (χ4v) is 2.38. The number of alkyl halides is 3. The Kier molecular flexibility index (Phi) is 4.49. The van der Waals surface area contributed by atoms with Gasteiger partial charge in [-0.15, -0.1) is 0 Å². The fraction of sp³-hybridized carbons (Fsp3) is 0.0625. The van der Waals surface area contributed by atoms with Crippen molar-refractivity contribution in [3.05, 3.63) is 70.2 Å². The van der Waals surface area contributed by atoms with Crippen LogP contribution in [0.2, 0.25) is 0 Å². The average molecular weight is 366 g/mol. The van der Waals surface area contributed by atoms with Crippen LogP contribution in [0.25, 0.3) is 11.4 Å². The summed E-state index contributed by atoms with van der Waals surface area (Å²) < 4.78 is 54.1. The zero-order valence-electron chi connectivity index (χ0n) is 12.5. The van der Waals surface area contributed by atoms with E-state index in [1.54, 1.807) is 6.07 Å². The van der Waals surface area contributed by atoms with Gasteiger partial charge in [0.1, 0.15) is 5.82 Å². The van der Waals surface area contributed by atoms with E-state index in [0.29, 0.717) is 0 Å². The van der Waals surface area contributed by atoms with Crippen molar-refractivity contribution in [1.82, 2.24) is 14.9 Å². The maximum Gasteiger partial charge on any atom is 0.417 e. The summed E-state index contributed by atoms with van der Waals surface area (Å²) in [5, 5.41) is 10.3. The van der Waals surface area contributed by atoms with Crippen LogP contribution in [-0.4, -0.2) is 21.1 Å². The number of aromatic nitrogens is 3. The first-order valence-corrected chi connectivity index (χ1v) is 7.41. The minimum Gasteiger partial charge on any atom is -0.250 e. The SMILES string of the molecule is Fc1ccccc1-c1n[nH]c(=S)n1/N=C\c1ccccc1C(F)(F)F. The highest BCUT2D eigenvalue weighted by Gasteiger charge is 2.32. The molecule has 0 aliphatic carbocycles. The lowest BCUT2D eigenvalue weighted by Crippen LogP contribution is -2.09. The number of benzene rings is 2. The van der Waals surface area contributed by atoms with Gasteiger partial charge in [0, 0.05) is 5.56 Å². The van der Waals surface area contributed by atoms with E-state index in [1.165, 1.54) is 36.4 Å². The summed E-state index contributed by atoms with van der Waals surface area (Å²) in [6.45, 7) is 0. The number of H-pyrrole nitrogens is 1. The summed E-state index contributed by atoms with van der Waals surface area (Å²) in [5.74, 6) is -0.493. The zero-order valence-corrected chi connectivity index (χ0v) is 13.3. The summed E-state index contributed by atoms with van der Waals surface area (Å²) >= 11 is 5.02. The van der Waals surface area contributed by atoms with Crippen LogP contribution in [0, 0.1) is 10.6 Å². The molecule has 0 atom stereocenters. The van der Waals surface area contributed by atoms with Crippen LogP contribution in [0.15, 0.2) is 53.6 Å². The van der Waals surface area contributed by atoms with Crippen molar-refractivity contribution in [1.29, 1.82) is 0 Å². The molecule has 1 heterocycles. The third kappa shape index (κ3) is 3.50. The molecule has 0 spiro atoms. The van der Waals surface area contributed by atoms with Gasteiger partial charge in [0.05, 0.1) is 17.3 Å². The lowest BCUT2D eigenvalue weighted by Gasteiger charge is -2.09. The molecule has 1 N–H and O–H groups in total. The van der Waals surface area contributed by atoms with Crippen LogP contribution in [0.5, 0.6) is 0 Å². The molecule has 3 rings (SSSR count). The van der Waals surface area contributed by atoms with Crippen LogP contribution in [0.4, 0.5) is 17.6 Å². The highest BCUT2D eigenvalue weighted by molar-refractivity contribution is 7.71. The van der Waals surface area contributed by atoms with Gasteiger partial charge in [-0.2, -0.15) is 28.0 Å². The minimum atomic E-state index is -4.52. The van der Waals surface area contributed by atoms with Gasteiger partial charge in [0.2, 0.25) is 4.77 Å². The monoisotopic (exact) mass is 366 g/mol. The third-order valence-corrected chi connectivity index (χ3v) is 3.61. The van der Waals surface area contributed by atoms with Crippen molar-refractivity contribution in [2.75, 3.05) is 0 Å². The van der Waals surface area contributed by atoms with E-state index in [-0.39, 0.29) is 21.7 Å². The summed E-state index contributed by atoms with van der Waals surface area (Å²) in [6, 6.07) is 10.8. The minimum absolute atomic E-state index is 0.0268. The van der Waals surface area contributed by atoms with Crippen LogP contribution in [0.3, 0.4) is 0 Å². The highest BCUT2D eigenvalue weighted by Crippen LogP contribution is 2.31. The summed E-state index contributed by atoms with van der Waals surface area (Å²) in [5.41, 5.74) is -0.852. The summed E-state index contributed by atoms with van der Waals surface area (Å²) in [4.78, 5) is 0. The second-order valence-electron chi connectivity index (χ2n) is 4.97. The maximum atomic E-state index is 13.9. The number of halogens is 4. The first kappa shape index (κ1) is 17.0. The van der Waals surface area contributed by atoms with Crippen molar-refractivity contribution in [2.24, 2.45) is 5.10 Å². The molecule has 0 saturated heterocycles. The molecule has 0 amide bonds. The molecule has 0 saturated carbocycles. The number of nitrogens with one attached hydrogen (secondary N) is 1. The van der Waals surface area contributed by atoms with Crippen LogP contribution < -0.4 is 0 Å². The molecule has 128 valence electrons. The maximum absolute atomic E-state index is 13.9. The Hall–Kier alpha value is -2.81. The molecule has 9 heteroatoms. The highest BCUT2D eigenvalue weighted by atomic mass is 32.1. The van der Waals surface area contributed by atoms with E-state index in [9.17, 15) is 17.6 Å². The molecule has 0 fully saturated rings. The number of nitrogens with zero attached hydrogens (tertiary/aromatic N) is 3. The lowest BCUT2D eigenvalue weighted by atomic mass is 10.1. The molecule has 0 bridgehead atoms. The standard InChI is InChI=1S/C16H10F4N4S/c17-13-8-4-2-6-11(13)14-22-23-15(25)24(14)21-9-10-5-1-3-7-12(10)16(18,19)20/h1-9H,(H,23,25)/b21-9-. The number of rotatable bonds is 3. The number of aromatic amines is 1. The molecule has 0 aliphatic rings. The van der Waals surface area contributed by atoms with Gasteiger partial charge in [-0.05, 0) is 30.4 Å². The predicted octanol–water partition coefficient (Wildman–Crippen LogP) is 4.65. The molecular weight excluding hydrogens is 356 g/mol. The summed E-state index contributed by atoms with van der Waals surface area (Å²) in [6.07, 6.45) is -3.51. The van der Waals surface area contributed by atoms with E-state index >= 15 is 0 Å². The van der Waals surface area contributed by atoms with Gasteiger partial charge < -0.3 is 0 Å². The quantitative estimate of drug-likeness (QED) is 0.417. The van der Waals surface area contributed by atoms with Crippen molar-refractivity contribution in [3.8, 4) is 11.4 Å². The van der Waals surface area contributed by atoms with E-state index in [0.717, 1.165) is 17.0 Å². The molecule has 2 aromatic carbocycles. The predicted molar refractivity (Wildman–Crippen MR) is 87.2 cm³/mol. The summed E-state index contributed by atoms with van der Waals surface area (Å²) in [7, 11) is 0. The molecule has 4 nitrogen and oxygen atoms in total. The van der Waals surface area contributed by atoms with Gasteiger partial charge >= 0.3 is 6.18 Å². The van der Waals surface area contributed by atoms with E-state index in [2.05, 4.69) is 15.3 Å². The van der Waals surface area contributed by atoms with Crippen molar-refractivity contribution < 1.29 is 17.6 Å². The van der Waals surface area contributed by atoms with Gasteiger partial charge in [0.25, 0.3) is 0 Å². The van der Waals surface area contributed by atoms with Gasteiger partial charge in [0.15, 0.2) is 5.82 Å². The smallest absolute Gasteiger partial charge is 0.250 e. The van der Waals surface area contributed by atoms with E-state index < -0.39 is 17.6 Å². The molecular formula is C16H10F4N4S. The van der Waals surface area contributed by atoms with Crippen LogP contribution in [-0.2, 0) is 6.18 Å². The fourth-order valence-electron chi connectivity index (χ4n) is 2.20. The lowest BCUT2D eigenvalue weighted by molar-refractivity contribution is -0.137. The first-order valence-electron chi connectivity index (χ1n) is 7.01. The van der Waals surface area contributed by atoms with Crippen LogP contribution >= 0.6 is 12.2 Å². The van der Waals surface area contributed by atoms with E-state index in [1.807, 2.05) is 0 Å². The van der Waals surface area contributed by atoms with Crippen LogP contribution in [0.1, 0.15) is 11.1 Å². The number of hydrogen-bond acceptors (Lipinski definition) is 3. The first-order chi connectivity index (χ1) is 11.9. The molecule has 0 aliphatic heterocycles. The zero-order chi connectivity index (χ0) is 18.0. The Labute approximate surface area is 144 Å². The van der Waals surface area contributed by atoms with Gasteiger partial charge in [-0.25, -0.2) is 9.49 Å². The Bertz CT molecular complexity index is 988. The Morgan fingerprint density at radius 2 is 1.76 bits per heavy atom. The van der Waals surface area contributed by atoms with E-state index in [4.69, 9.17) is 12.2 Å². The average Bonchev–Trinajstić information content (AvgIpc) is 2.93. The largest absolute Gasteiger partial charge is 0.417 e. The normalized spacial score (nSPS) is 12.0. The van der Waals surface area contributed by atoms with Gasteiger partial charge in [-0.1, -0.05) is 30.3 Å². The molecule has 25 heavy (non-hydrogen) atoms. The Morgan fingerprint density at radius 3 is 2.48 bits per heavy atom. The van der Waals surface area contributed by atoms with Gasteiger partial charge in [-0.3, -0.25) is 0 Å². The topological polar surface area (TPSA) is 46.0 Å². The molecule has 0 radical (unpaired) electrons. The van der Waals surface area contributed by atoms with Crippen molar-refractivity contribution in [2.45, 2.75) is 6.18 Å². The van der Waals surface area contributed by atoms with Crippen molar-refractivity contribution >= 4 is 18.4 Å². The molecule has 1 aromatic heterocycles. The third-order valence-electron chi connectivity index (χ3n) is 3.34. The Morgan fingerprint density at radius 1 is 1.08 bits per heavy atom. The molecule has 3 aromatic rings. The second kappa shape index (κ2) is 6.60. The Balaban J connectivity index is 2.07. The molecule has 0 unspecified atom stereocenters. The number of hydrogen-bond donors (Lipinski definition) is 1. The van der Waals surface area contributed by atoms with Crippen molar-refractivity contribution in [3.63, 3.8) is 0 Å².